The highest BCUT2D eigenvalue weighted by atomic mass is 32.2. The van der Waals surface area contributed by atoms with E-state index < -0.39 is 16.1 Å². The number of benzene rings is 1. The number of para-hydroxylation sites is 1. The van der Waals surface area contributed by atoms with Crippen molar-refractivity contribution in [1.29, 1.82) is 0 Å². The number of fused-ring (bicyclic) bond motifs is 1. The molecule has 1 aromatic carbocycles. The number of anilines is 1. The third-order valence-corrected chi connectivity index (χ3v) is 4.24. The average Bonchev–Trinajstić information content (AvgIpc) is 2.36. The molecule has 96 valence electrons. The molecule has 0 aliphatic carbocycles. The van der Waals surface area contributed by atoms with Crippen LogP contribution in [0.4, 0.5) is 10.5 Å². The molecule has 1 aliphatic rings. The second-order valence-electron chi connectivity index (χ2n) is 3.84. The molecule has 0 spiro atoms. The van der Waals surface area contributed by atoms with E-state index in [0.29, 0.717) is 11.3 Å². The quantitative estimate of drug-likeness (QED) is 0.783. The maximum atomic E-state index is 12.1. The third kappa shape index (κ3) is 2.24. The molecule has 6 heteroatoms. The Bertz CT molecular complexity index is 579. The first kappa shape index (κ1) is 12.6. The number of sulfonamides is 1. The summed E-state index contributed by atoms with van der Waals surface area (Å²) in [6, 6.07) is 6.79. The molecule has 1 heterocycles. The van der Waals surface area contributed by atoms with Crippen LogP contribution in [-0.2, 0) is 21.4 Å². The lowest BCUT2D eigenvalue weighted by Crippen LogP contribution is -2.41. The van der Waals surface area contributed by atoms with Crippen LogP contribution in [0.25, 0.3) is 0 Å². The molecule has 0 radical (unpaired) electrons. The largest absolute Gasteiger partial charge is 0.443 e. The molecule has 0 saturated carbocycles. The van der Waals surface area contributed by atoms with Crippen molar-refractivity contribution >= 4 is 21.8 Å². The minimum Gasteiger partial charge on any atom is -0.443 e. The number of ether oxygens (including phenoxy) is 1. The van der Waals surface area contributed by atoms with Gasteiger partial charge in [-0.2, -0.15) is 4.31 Å². The van der Waals surface area contributed by atoms with E-state index in [9.17, 15) is 13.2 Å². The van der Waals surface area contributed by atoms with Gasteiger partial charge in [0.05, 0.1) is 11.4 Å². The van der Waals surface area contributed by atoms with Crippen molar-refractivity contribution in [3.05, 3.63) is 42.5 Å². The van der Waals surface area contributed by atoms with Crippen LogP contribution >= 0.6 is 0 Å². The predicted octanol–water partition coefficient (Wildman–Crippen LogP) is 2.05. The van der Waals surface area contributed by atoms with E-state index in [-0.39, 0.29) is 18.8 Å². The summed E-state index contributed by atoms with van der Waals surface area (Å²) in [6.45, 7) is 3.57. The van der Waals surface area contributed by atoms with Crippen molar-refractivity contribution in [1.82, 2.24) is 0 Å². The summed E-state index contributed by atoms with van der Waals surface area (Å²) < 4.78 is 29.8. The summed E-state index contributed by atoms with van der Waals surface area (Å²) in [6.07, 6.45) is 0.935. The van der Waals surface area contributed by atoms with Gasteiger partial charge in [-0.25, -0.2) is 13.2 Å². The molecule has 5 nitrogen and oxygen atoms in total. The second kappa shape index (κ2) is 4.81. The Hall–Kier alpha value is -1.82. The number of carbonyl (C=O) groups excluding carboxylic acids is 1. The van der Waals surface area contributed by atoms with E-state index in [0.717, 1.165) is 4.31 Å². The molecular formula is C12H13NO4S. The fourth-order valence-electron chi connectivity index (χ4n) is 1.71. The maximum absolute atomic E-state index is 12.1. The van der Waals surface area contributed by atoms with Crippen molar-refractivity contribution in [3.63, 3.8) is 0 Å². The van der Waals surface area contributed by atoms with Crippen molar-refractivity contribution in [2.24, 2.45) is 0 Å². The van der Waals surface area contributed by atoms with Crippen LogP contribution in [0.5, 0.6) is 0 Å². The van der Waals surface area contributed by atoms with Crippen LogP contribution in [0.3, 0.4) is 0 Å². The monoisotopic (exact) mass is 267 g/mol. The van der Waals surface area contributed by atoms with E-state index in [1.54, 1.807) is 24.3 Å². The van der Waals surface area contributed by atoms with Gasteiger partial charge in [-0.15, -0.1) is 6.58 Å². The molecular weight excluding hydrogens is 254 g/mol. The number of amides is 1. The van der Waals surface area contributed by atoms with E-state index >= 15 is 0 Å². The summed E-state index contributed by atoms with van der Waals surface area (Å²) in [4.78, 5) is 11.7. The van der Waals surface area contributed by atoms with E-state index in [2.05, 4.69) is 6.58 Å². The first-order chi connectivity index (χ1) is 8.56. The van der Waals surface area contributed by atoms with Crippen LogP contribution in [0.2, 0.25) is 0 Å². The normalized spacial score (nSPS) is 14.9. The van der Waals surface area contributed by atoms with E-state index in [1.807, 2.05) is 0 Å². The lowest BCUT2D eigenvalue weighted by Gasteiger charge is -2.27. The molecule has 1 amide bonds. The van der Waals surface area contributed by atoms with E-state index in [1.165, 1.54) is 6.08 Å². The summed E-state index contributed by atoms with van der Waals surface area (Å²) in [5.41, 5.74) is 1.05. The highest BCUT2D eigenvalue weighted by Crippen LogP contribution is 2.29. The van der Waals surface area contributed by atoms with Gasteiger partial charge >= 0.3 is 6.09 Å². The van der Waals surface area contributed by atoms with Crippen LogP contribution < -0.4 is 4.31 Å². The molecule has 0 N–H and O–H groups in total. The smallest absolute Gasteiger partial charge is 0.428 e. The Balaban J connectivity index is 2.43. The van der Waals surface area contributed by atoms with Crippen molar-refractivity contribution < 1.29 is 17.9 Å². The van der Waals surface area contributed by atoms with E-state index in [4.69, 9.17) is 4.74 Å². The zero-order valence-electron chi connectivity index (χ0n) is 9.70. The number of rotatable bonds is 4. The minimum absolute atomic E-state index is 0.0997. The molecule has 0 unspecified atom stereocenters. The lowest BCUT2D eigenvalue weighted by atomic mass is 10.2. The number of cyclic esters (lactones) is 1. The number of nitrogens with zero attached hydrogens (tertiary/aromatic N) is 1. The van der Waals surface area contributed by atoms with Gasteiger partial charge in [-0.1, -0.05) is 24.3 Å². The number of carbonyl (C=O) groups is 1. The molecule has 1 aliphatic heterocycles. The van der Waals surface area contributed by atoms with Gasteiger partial charge in [-0.3, -0.25) is 0 Å². The van der Waals surface area contributed by atoms with Crippen molar-refractivity contribution in [2.75, 3.05) is 10.1 Å². The maximum Gasteiger partial charge on any atom is 0.428 e. The third-order valence-electron chi connectivity index (χ3n) is 2.59. The van der Waals surface area contributed by atoms with Crippen LogP contribution in [0, 0.1) is 0 Å². The Morgan fingerprint density at radius 1 is 1.39 bits per heavy atom. The summed E-state index contributed by atoms with van der Waals surface area (Å²) in [5.74, 6) is -0.167. The lowest BCUT2D eigenvalue weighted by molar-refractivity contribution is 0.147. The Kier molecular flexibility index (Phi) is 3.38. The van der Waals surface area contributed by atoms with Gasteiger partial charge in [-0.05, 0) is 12.5 Å². The number of allylic oxidation sites excluding steroid dienone is 1. The standard InChI is InChI=1S/C12H13NO4S/c1-2-3-8-18(15,16)13-11-7-5-4-6-10(11)9-17-12(13)14/h2,4-7H,1,3,8-9H2. The molecule has 0 fully saturated rings. The highest BCUT2D eigenvalue weighted by molar-refractivity contribution is 7.93. The Labute approximate surface area is 106 Å². The van der Waals surface area contributed by atoms with Gasteiger partial charge in [0.2, 0.25) is 10.0 Å². The minimum atomic E-state index is -3.72. The molecule has 0 aromatic heterocycles. The summed E-state index contributed by atoms with van der Waals surface area (Å²) >= 11 is 0. The Morgan fingerprint density at radius 2 is 2.11 bits per heavy atom. The molecule has 2 rings (SSSR count). The van der Waals surface area contributed by atoms with Crippen molar-refractivity contribution in [3.8, 4) is 0 Å². The van der Waals surface area contributed by atoms with Gasteiger partial charge in [0.1, 0.15) is 6.61 Å². The molecule has 0 saturated heterocycles. The Morgan fingerprint density at radius 3 is 2.83 bits per heavy atom. The zero-order valence-corrected chi connectivity index (χ0v) is 10.5. The van der Waals surface area contributed by atoms with Gasteiger partial charge in [0.15, 0.2) is 0 Å². The fraction of sp³-hybridized carbons (Fsp3) is 0.250. The van der Waals surface area contributed by atoms with Gasteiger partial charge in [0, 0.05) is 5.56 Å². The van der Waals surface area contributed by atoms with Crippen LogP contribution in [-0.4, -0.2) is 20.3 Å². The molecule has 0 bridgehead atoms. The summed E-state index contributed by atoms with van der Waals surface area (Å²) in [7, 11) is -3.72. The molecule has 18 heavy (non-hydrogen) atoms. The topological polar surface area (TPSA) is 63.7 Å². The molecule has 0 atom stereocenters. The number of hydrogen-bond acceptors (Lipinski definition) is 4. The van der Waals surface area contributed by atoms with Gasteiger partial charge in [0.25, 0.3) is 0 Å². The fourth-order valence-corrected chi connectivity index (χ4v) is 3.12. The first-order valence-electron chi connectivity index (χ1n) is 5.45. The molecule has 1 aromatic rings. The second-order valence-corrected chi connectivity index (χ2v) is 5.78. The summed E-state index contributed by atoms with van der Waals surface area (Å²) in [5, 5.41) is 0. The highest BCUT2D eigenvalue weighted by Gasteiger charge is 2.34. The average molecular weight is 267 g/mol. The number of hydrogen-bond donors (Lipinski definition) is 0. The van der Waals surface area contributed by atoms with Crippen LogP contribution in [0.15, 0.2) is 36.9 Å². The predicted molar refractivity (Wildman–Crippen MR) is 67.7 cm³/mol. The zero-order chi connectivity index (χ0) is 13.2. The van der Waals surface area contributed by atoms with Crippen LogP contribution in [0.1, 0.15) is 12.0 Å². The van der Waals surface area contributed by atoms with Crippen molar-refractivity contribution in [2.45, 2.75) is 13.0 Å². The SMILES string of the molecule is C=CCCS(=O)(=O)N1C(=O)OCc2ccccc21. The first-order valence-corrected chi connectivity index (χ1v) is 7.06. The van der Waals surface area contributed by atoms with Gasteiger partial charge < -0.3 is 4.74 Å².